The van der Waals surface area contributed by atoms with Crippen LogP contribution in [0.1, 0.15) is 19.8 Å². The molecule has 0 saturated heterocycles. The lowest BCUT2D eigenvalue weighted by molar-refractivity contribution is 0.118. The Labute approximate surface area is 70.5 Å². The third-order valence-electron chi connectivity index (χ3n) is 1.67. The maximum atomic E-state index is 5.34. The molecule has 0 aliphatic carbocycles. The van der Waals surface area contributed by atoms with E-state index in [0.717, 1.165) is 26.1 Å². The Bertz CT molecular complexity index is 83.6. The van der Waals surface area contributed by atoms with Gasteiger partial charge >= 0.3 is 0 Å². The highest BCUT2D eigenvalue weighted by Gasteiger charge is 2.02. The standard InChI is InChI=1S/C9H20NO/c1-5-7-11-8-6-9(2)10(3)4/h9H,2,5-8H2,1,3-4H3. The van der Waals surface area contributed by atoms with Crippen molar-refractivity contribution in [2.45, 2.75) is 25.8 Å². The summed E-state index contributed by atoms with van der Waals surface area (Å²) in [5.41, 5.74) is 0. The van der Waals surface area contributed by atoms with Gasteiger partial charge in [-0.15, -0.1) is 0 Å². The van der Waals surface area contributed by atoms with E-state index in [9.17, 15) is 0 Å². The van der Waals surface area contributed by atoms with Gasteiger partial charge in [0.15, 0.2) is 0 Å². The van der Waals surface area contributed by atoms with Crippen molar-refractivity contribution in [2.24, 2.45) is 0 Å². The second-order valence-corrected chi connectivity index (χ2v) is 3.02. The van der Waals surface area contributed by atoms with E-state index >= 15 is 0 Å². The van der Waals surface area contributed by atoms with Crippen molar-refractivity contribution in [2.75, 3.05) is 27.3 Å². The van der Waals surface area contributed by atoms with Gasteiger partial charge in [-0.2, -0.15) is 0 Å². The zero-order valence-electron chi connectivity index (χ0n) is 7.97. The van der Waals surface area contributed by atoms with Crippen LogP contribution >= 0.6 is 0 Å². The second-order valence-electron chi connectivity index (χ2n) is 3.02. The average Bonchev–Trinajstić information content (AvgIpc) is 1.97. The fourth-order valence-electron chi connectivity index (χ4n) is 0.724. The zero-order chi connectivity index (χ0) is 8.69. The molecule has 0 aromatic rings. The Morgan fingerprint density at radius 1 is 1.36 bits per heavy atom. The lowest BCUT2D eigenvalue weighted by Crippen LogP contribution is -2.26. The van der Waals surface area contributed by atoms with E-state index in [2.05, 4.69) is 18.7 Å². The Hall–Kier alpha value is -0.0800. The molecule has 0 aliphatic heterocycles. The first kappa shape index (κ1) is 10.9. The van der Waals surface area contributed by atoms with Crippen LogP contribution in [0.5, 0.6) is 0 Å². The minimum atomic E-state index is 0.381. The SMILES string of the molecule is [CH2]C(CCOCCC)N(C)C. The van der Waals surface area contributed by atoms with Crippen LogP contribution in [0.3, 0.4) is 0 Å². The van der Waals surface area contributed by atoms with Gasteiger partial charge in [-0.25, -0.2) is 0 Å². The van der Waals surface area contributed by atoms with E-state index in [1.165, 1.54) is 0 Å². The van der Waals surface area contributed by atoms with Crippen molar-refractivity contribution in [3.05, 3.63) is 6.92 Å². The Kier molecular flexibility index (Phi) is 6.57. The summed E-state index contributed by atoms with van der Waals surface area (Å²) in [7, 11) is 4.08. The van der Waals surface area contributed by atoms with Crippen LogP contribution in [0.2, 0.25) is 0 Å². The normalized spacial score (nSPS) is 13.9. The molecule has 0 spiro atoms. The molecule has 0 aromatic heterocycles. The van der Waals surface area contributed by atoms with Crippen molar-refractivity contribution < 1.29 is 4.74 Å². The summed E-state index contributed by atoms with van der Waals surface area (Å²) in [5, 5.41) is 0. The molecule has 0 amide bonds. The summed E-state index contributed by atoms with van der Waals surface area (Å²) in [4.78, 5) is 2.11. The maximum absolute atomic E-state index is 5.34. The van der Waals surface area contributed by atoms with Crippen molar-refractivity contribution in [1.29, 1.82) is 0 Å². The van der Waals surface area contributed by atoms with Gasteiger partial charge in [-0.3, -0.25) is 0 Å². The lowest BCUT2D eigenvalue weighted by Gasteiger charge is -2.18. The first-order chi connectivity index (χ1) is 5.18. The molecule has 1 atom stereocenters. The van der Waals surface area contributed by atoms with Gasteiger partial charge in [0, 0.05) is 19.3 Å². The predicted octanol–water partition coefficient (Wildman–Crippen LogP) is 1.57. The van der Waals surface area contributed by atoms with E-state index in [1.807, 2.05) is 14.1 Å². The molecule has 0 aliphatic rings. The molecule has 0 rings (SSSR count). The van der Waals surface area contributed by atoms with Gasteiger partial charge in [0.1, 0.15) is 0 Å². The minimum absolute atomic E-state index is 0.381. The molecule has 1 radical (unpaired) electrons. The summed E-state index contributed by atoms with van der Waals surface area (Å²) in [6, 6.07) is 0.381. The van der Waals surface area contributed by atoms with Gasteiger partial charge in [-0.1, -0.05) is 6.92 Å². The molecule has 0 heterocycles. The van der Waals surface area contributed by atoms with Crippen LogP contribution in [-0.4, -0.2) is 38.3 Å². The van der Waals surface area contributed by atoms with Crippen molar-refractivity contribution in [1.82, 2.24) is 4.90 Å². The molecular weight excluding hydrogens is 138 g/mol. The fourth-order valence-corrected chi connectivity index (χ4v) is 0.724. The summed E-state index contributed by atoms with van der Waals surface area (Å²) in [6.07, 6.45) is 2.12. The Morgan fingerprint density at radius 2 is 2.00 bits per heavy atom. The highest BCUT2D eigenvalue weighted by Crippen LogP contribution is 1.97. The topological polar surface area (TPSA) is 12.5 Å². The summed E-state index contributed by atoms with van der Waals surface area (Å²) < 4.78 is 5.34. The van der Waals surface area contributed by atoms with Gasteiger partial charge in [0.05, 0.1) is 0 Å². The van der Waals surface area contributed by atoms with Crippen molar-refractivity contribution >= 4 is 0 Å². The first-order valence-corrected chi connectivity index (χ1v) is 4.25. The Balaban J connectivity index is 3.10. The molecule has 11 heavy (non-hydrogen) atoms. The number of rotatable bonds is 6. The van der Waals surface area contributed by atoms with Crippen molar-refractivity contribution in [3.63, 3.8) is 0 Å². The second kappa shape index (κ2) is 6.62. The van der Waals surface area contributed by atoms with Gasteiger partial charge in [0.2, 0.25) is 0 Å². The molecule has 0 fully saturated rings. The van der Waals surface area contributed by atoms with E-state index < -0.39 is 0 Å². The number of hydrogen-bond acceptors (Lipinski definition) is 2. The van der Waals surface area contributed by atoms with E-state index in [1.54, 1.807) is 0 Å². The van der Waals surface area contributed by atoms with Crippen LogP contribution in [0.4, 0.5) is 0 Å². The largest absolute Gasteiger partial charge is 0.381 e. The molecule has 0 N–H and O–H groups in total. The Morgan fingerprint density at radius 3 is 2.45 bits per heavy atom. The van der Waals surface area contributed by atoms with Crippen LogP contribution in [0.25, 0.3) is 0 Å². The van der Waals surface area contributed by atoms with Crippen LogP contribution in [0.15, 0.2) is 0 Å². The average molecular weight is 158 g/mol. The maximum Gasteiger partial charge on any atom is 0.0480 e. The van der Waals surface area contributed by atoms with Crippen LogP contribution in [-0.2, 0) is 4.74 Å². The van der Waals surface area contributed by atoms with Crippen LogP contribution in [0, 0.1) is 6.92 Å². The monoisotopic (exact) mass is 158 g/mol. The van der Waals surface area contributed by atoms with Gasteiger partial charge < -0.3 is 9.64 Å². The molecule has 1 unspecified atom stereocenters. The highest BCUT2D eigenvalue weighted by molar-refractivity contribution is 4.66. The first-order valence-electron chi connectivity index (χ1n) is 4.25. The molecule has 0 aromatic carbocycles. The molecule has 0 bridgehead atoms. The fraction of sp³-hybridized carbons (Fsp3) is 0.889. The predicted molar refractivity (Wildman–Crippen MR) is 48.6 cm³/mol. The van der Waals surface area contributed by atoms with Crippen LogP contribution < -0.4 is 0 Å². The summed E-state index contributed by atoms with van der Waals surface area (Å²) >= 11 is 0. The highest BCUT2D eigenvalue weighted by atomic mass is 16.5. The summed E-state index contributed by atoms with van der Waals surface area (Å²) in [6.45, 7) is 7.81. The number of hydrogen-bond donors (Lipinski definition) is 0. The summed E-state index contributed by atoms with van der Waals surface area (Å²) in [5.74, 6) is 0. The third kappa shape index (κ3) is 6.32. The van der Waals surface area contributed by atoms with Crippen molar-refractivity contribution in [3.8, 4) is 0 Å². The molecule has 2 nitrogen and oxygen atoms in total. The third-order valence-corrected chi connectivity index (χ3v) is 1.67. The minimum Gasteiger partial charge on any atom is -0.381 e. The smallest absolute Gasteiger partial charge is 0.0480 e. The number of nitrogens with zero attached hydrogens (tertiary/aromatic N) is 1. The zero-order valence-corrected chi connectivity index (χ0v) is 7.97. The molecular formula is C9H20NO. The number of ether oxygens (including phenoxy) is 1. The van der Waals surface area contributed by atoms with E-state index in [0.29, 0.717) is 6.04 Å². The van der Waals surface area contributed by atoms with Gasteiger partial charge in [0.25, 0.3) is 0 Å². The molecule has 2 heteroatoms. The lowest BCUT2D eigenvalue weighted by atomic mass is 10.2. The molecule has 67 valence electrons. The van der Waals surface area contributed by atoms with E-state index in [-0.39, 0.29) is 0 Å². The molecule has 0 saturated carbocycles. The van der Waals surface area contributed by atoms with E-state index in [4.69, 9.17) is 4.74 Å². The quantitative estimate of drug-likeness (QED) is 0.544. The van der Waals surface area contributed by atoms with Gasteiger partial charge in [-0.05, 0) is 33.9 Å².